The molecule has 98 valence electrons. The number of rotatable bonds is 6. The van der Waals surface area contributed by atoms with Crippen molar-refractivity contribution in [2.75, 3.05) is 0 Å². The van der Waals surface area contributed by atoms with E-state index in [2.05, 4.69) is 38.1 Å². The Hall–Kier alpha value is -1.08. The van der Waals surface area contributed by atoms with Crippen LogP contribution in [0.5, 0.6) is 11.5 Å². The molecule has 0 spiro atoms. The summed E-state index contributed by atoms with van der Waals surface area (Å²) in [6, 6.07) is 16.5. The van der Waals surface area contributed by atoms with Crippen LogP contribution in [0.15, 0.2) is 48.5 Å². The normalized spacial score (nSPS) is 10.0. The van der Waals surface area contributed by atoms with Gasteiger partial charge in [0.1, 0.15) is 0 Å². The van der Waals surface area contributed by atoms with Gasteiger partial charge in [-0.1, -0.05) is 0 Å². The Morgan fingerprint density at radius 3 is 1.68 bits per heavy atom. The third-order valence-corrected chi connectivity index (χ3v) is 4.50. The number of hydrogen-bond acceptors (Lipinski definition) is 2. The molecule has 0 saturated carbocycles. The van der Waals surface area contributed by atoms with Crippen LogP contribution in [0.1, 0.15) is 25.0 Å². The summed E-state index contributed by atoms with van der Waals surface area (Å²) in [7, 11) is 0. The summed E-state index contributed by atoms with van der Waals surface area (Å²) in [5, 5.41) is 0. The second kappa shape index (κ2) is 7.50. The van der Waals surface area contributed by atoms with Gasteiger partial charge < -0.3 is 0 Å². The van der Waals surface area contributed by atoms with E-state index in [-0.39, 0.29) is 0 Å². The molecular formula is C16H18O2Zr. The summed E-state index contributed by atoms with van der Waals surface area (Å²) in [6.07, 6.45) is 2.06. The molecule has 0 N–H and O–H groups in total. The molecule has 0 aliphatic rings. The first kappa shape index (κ1) is 14.3. The van der Waals surface area contributed by atoms with Crippen LogP contribution in [-0.4, -0.2) is 0 Å². The Kier molecular flexibility index (Phi) is 5.66. The number of aryl methyl sites for hydroxylation is 2. The van der Waals surface area contributed by atoms with Crippen LogP contribution in [0.4, 0.5) is 0 Å². The van der Waals surface area contributed by atoms with Gasteiger partial charge in [0.2, 0.25) is 0 Å². The molecule has 0 unspecified atom stereocenters. The second-order valence-corrected chi connectivity index (χ2v) is 5.70. The molecule has 2 rings (SSSR count). The SMILES string of the molecule is CCc1cccc([O][Zr][O]c2cccc(CC)c2)c1. The summed E-state index contributed by atoms with van der Waals surface area (Å²) in [4.78, 5) is 0. The van der Waals surface area contributed by atoms with Crippen molar-refractivity contribution in [1.29, 1.82) is 0 Å². The molecular weight excluding hydrogens is 315 g/mol. The molecule has 0 aromatic heterocycles. The Balaban J connectivity index is 1.88. The number of hydrogen-bond donors (Lipinski definition) is 0. The fourth-order valence-corrected chi connectivity index (χ4v) is 2.97. The summed E-state index contributed by atoms with van der Waals surface area (Å²) >= 11 is -1.32. The molecule has 0 radical (unpaired) electrons. The van der Waals surface area contributed by atoms with Crippen LogP contribution in [0, 0.1) is 0 Å². The Morgan fingerprint density at radius 2 is 1.26 bits per heavy atom. The maximum atomic E-state index is 5.77. The quantitative estimate of drug-likeness (QED) is 0.789. The first-order valence-electron chi connectivity index (χ1n) is 6.58. The first-order chi connectivity index (χ1) is 9.31. The van der Waals surface area contributed by atoms with Crippen LogP contribution in [0.3, 0.4) is 0 Å². The monoisotopic (exact) mass is 332 g/mol. The maximum absolute atomic E-state index is 5.77. The first-order valence-corrected chi connectivity index (χ1v) is 8.59. The van der Waals surface area contributed by atoms with Crippen molar-refractivity contribution >= 4 is 0 Å². The zero-order chi connectivity index (χ0) is 13.5. The van der Waals surface area contributed by atoms with Gasteiger partial charge in [0.05, 0.1) is 0 Å². The van der Waals surface area contributed by atoms with E-state index in [1.54, 1.807) is 0 Å². The molecule has 0 atom stereocenters. The van der Waals surface area contributed by atoms with E-state index in [0.29, 0.717) is 0 Å². The van der Waals surface area contributed by atoms with Crippen molar-refractivity contribution in [3.8, 4) is 11.5 Å². The van der Waals surface area contributed by atoms with Gasteiger partial charge in [0, 0.05) is 0 Å². The fourth-order valence-electron chi connectivity index (χ4n) is 1.77. The van der Waals surface area contributed by atoms with Gasteiger partial charge in [0.15, 0.2) is 0 Å². The molecule has 0 aliphatic carbocycles. The Labute approximate surface area is 127 Å². The van der Waals surface area contributed by atoms with Gasteiger partial charge in [-0.25, -0.2) is 0 Å². The average Bonchev–Trinajstić information content (AvgIpc) is 2.48. The molecule has 0 saturated heterocycles. The van der Waals surface area contributed by atoms with Gasteiger partial charge in [-0.05, 0) is 0 Å². The van der Waals surface area contributed by atoms with Crippen LogP contribution in [-0.2, 0) is 37.0 Å². The Morgan fingerprint density at radius 1 is 0.789 bits per heavy atom. The minimum atomic E-state index is -1.32. The van der Waals surface area contributed by atoms with E-state index in [9.17, 15) is 0 Å². The molecule has 0 aliphatic heterocycles. The van der Waals surface area contributed by atoms with E-state index in [1.165, 1.54) is 11.1 Å². The summed E-state index contributed by atoms with van der Waals surface area (Å²) in [5.74, 6) is 1.86. The van der Waals surface area contributed by atoms with E-state index in [0.717, 1.165) is 24.3 Å². The molecule has 19 heavy (non-hydrogen) atoms. The van der Waals surface area contributed by atoms with Gasteiger partial charge in [0.25, 0.3) is 0 Å². The molecule has 2 aromatic rings. The topological polar surface area (TPSA) is 18.5 Å². The van der Waals surface area contributed by atoms with Gasteiger partial charge >= 0.3 is 128 Å². The van der Waals surface area contributed by atoms with E-state index in [1.807, 2.05) is 24.3 Å². The van der Waals surface area contributed by atoms with Gasteiger partial charge in [-0.3, -0.25) is 0 Å². The summed E-state index contributed by atoms with van der Waals surface area (Å²) in [6.45, 7) is 4.29. The second-order valence-electron chi connectivity index (χ2n) is 4.29. The summed E-state index contributed by atoms with van der Waals surface area (Å²) in [5.41, 5.74) is 2.59. The summed E-state index contributed by atoms with van der Waals surface area (Å²) < 4.78 is 11.5. The van der Waals surface area contributed by atoms with Crippen molar-refractivity contribution in [3.63, 3.8) is 0 Å². The third kappa shape index (κ3) is 4.51. The standard InChI is InChI=1S/2C8H10O.Zr/c2*1-2-7-4-3-5-8(9)6-7;/h2*3-6,9H,2H2,1H3;/q;;+2/p-2. The van der Waals surface area contributed by atoms with Crippen molar-refractivity contribution in [2.24, 2.45) is 0 Å². The van der Waals surface area contributed by atoms with Crippen molar-refractivity contribution in [2.45, 2.75) is 26.7 Å². The molecule has 0 heterocycles. The van der Waals surface area contributed by atoms with E-state index in [4.69, 9.17) is 5.63 Å². The minimum absolute atomic E-state index is 0.928. The molecule has 2 aromatic carbocycles. The van der Waals surface area contributed by atoms with Gasteiger partial charge in [-0.15, -0.1) is 0 Å². The van der Waals surface area contributed by atoms with E-state index >= 15 is 0 Å². The molecule has 0 bridgehead atoms. The van der Waals surface area contributed by atoms with Crippen LogP contribution < -0.4 is 5.63 Å². The van der Waals surface area contributed by atoms with Crippen LogP contribution in [0.25, 0.3) is 0 Å². The molecule has 2 nitrogen and oxygen atoms in total. The average molecular weight is 334 g/mol. The predicted molar refractivity (Wildman–Crippen MR) is 72.9 cm³/mol. The zero-order valence-corrected chi connectivity index (χ0v) is 13.8. The molecule has 0 fully saturated rings. The van der Waals surface area contributed by atoms with Crippen molar-refractivity contribution in [3.05, 3.63) is 59.7 Å². The van der Waals surface area contributed by atoms with Crippen molar-refractivity contribution in [1.82, 2.24) is 0 Å². The fraction of sp³-hybridized carbons (Fsp3) is 0.250. The zero-order valence-electron chi connectivity index (χ0n) is 11.3. The third-order valence-electron chi connectivity index (χ3n) is 2.93. The molecule has 3 heteroatoms. The van der Waals surface area contributed by atoms with Gasteiger partial charge in [-0.2, -0.15) is 0 Å². The predicted octanol–water partition coefficient (Wildman–Crippen LogP) is 4.18. The van der Waals surface area contributed by atoms with Crippen LogP contribution >= 0.6 is 0 Å². The number of benzene rings is 2. The van der Waals surface area contributed by atoms with E-state index < -0.39 is 24.1 Å². The Bertz CT molecular complexity index is 478. The van der Waals surface area contributed by atoms with Crippen molar-refractivity contribution < 1.29 is 29.7 Å². The molecule has 0 amide bonds. The van der Waals surface area contributed by atoms with Crippen LogP contribution in [0.2, 0.25) is 0 Å².